The van der Waals surface area contributed by atoms with E-state index in [1.807, 2.05) is 0 Å². The summed E-state index contributed by atoms with van der Waals surface area (Å²) in [6, 6.07) is 4.31. The van der Waals surface area contributed by atoms with Gasteiger partial charge in [-0.3, -0.25) is 0 Å². The van der Waals surface area contributed by atoms with Crippen molar-refractivity contribution < 1.29 is 4.74 Å². The molecule has 1 N–H and O–H groups in total. The highest BCUT2D eigenvalue weighted by Crippen LogP contribution is 2.33. The zero-order chi connectivity index (χ0) is 12.0. The van der Waals surface area contributed by atoms with Crippen LogP contribution in [0.3, 0.4) is 0 Å². The van der Waals surface area contributed by atoms with Crippen LogP contribution in [0, 0.1) is 19.8 Å². The predicted octanol–water partition coefficient (Wildman–Crippen LogP) is 3.28. The number of aromatic nitrogens is 2. The van der Waals surface area contributed by atoms with Gasteiger partial charge >= 0.3 is 0 Å². The van der Waals surface area contributed by atoms with Gasteiger partial charge in [0.1, 0.15) is 11.9 Å². The highest BCUT2D eigenvalue weighted by molar-refractivity contribution is 5.77. The van der Waals surface area contributed by atoms with Crippen LogP contribution in [-0.2, 0) is 4.74 Å². The van der Waals surface area contributed by atoms with Crippen LogP contribution in [0.2, 0.25) is 0 Å². The Morgan fingerprint density at radius 1 is 1.29 bits per heavy atom. The van der Waals surface area contributed by atoms with Crippen LogP contribution >= 0.6 is 0 Å². The first kappa shape index (κ1) is 10.8. The third kappa shape index (κ3) is 1.75. The number of fused-ring (bicyclic) bond motifs is 1. The van der Waals surface area contributed by atoms with Crippen molar-refractivity contribution in [1.82, 2.24) is 9.97 Å². The molecule has 1 aromatic heterocycles. The summed E-state index contributed by atoms with van der Waals surface area (Å²) in [5.41, 5.74) is 4.75. The number of nitrogens with zero attached hydrogens (tertiary/aromatic N) is 1. The minimum Gasteiger partial charge on any atom is -0.370 e. The molecule has 0 radical (unpaired) electrons. The van der Waals surface area contributed by atoms with Crippen molar-refractivity contribution >= 4 is 11.0 Å². The first-order valence-corrected chi connectivity index (χ1v) is 6.23. The van der Waals surface area contributed by atoms with Crippen LogP contribution in [0.5, 0.6) is 0 Å². The lowest BCUT2D eigenvalue weighted by Gasteiger charge is -2.10. The van der Waals surface area contributed by atoms with Crippen LogP contribution in [0.15, 0.2) is 12.1 Å². The molecule has 2 unspecified atom stereocenters. The van der Waals surface area contributed by atoms with Gasteiger partial charge in [0.2, 0.25) is 0 Å². The van der Waals surface area contributed by atoms with Crippen LogP contribution in [0.1, 0.15) is 36.4 Å². The van der Waals surface area contributed by atoms with Crippen LogP contribution < -0.4 is 0 Å². The Morgan fingerprint density at radius 3 is 2.76 bits per heavy atom. The zero-order valence-electron chi connectivity index (χ0n) is 10.6. The van der Waals surface area contributed by atoms with Gasteiger partial charge in [0.15, 0.2) is 0 Å². The van der Waals surface area contributed by atoms with Gasteiger partial charge in [-0.25, -0.2) is 4.98 Å². The standard InChI is InChI=1S/C14H18N2O/c1-8-4-5-17-13(8)14-15-11-6-9(2)10(3)7-12(11)16-14/h6-8,13H,4-5H2,1-3H3,(H,15,16). The Labute approximate surface area is 101 Å². The van der Waals surface area contributed by atoms with Gasteiger partial charge in [0.25, 0.3) is 0 Å². The smallest absolute Gasteiger partial charge is 0.136 e. The number of nitrogens with one attached hydrogen (secondary N) is 1. The number of benzene rings is 1. The molecule has 0 saturated carbocycles. The highest BCUT2D eigenvalue weighted by atomic mass is 16.5. The quantitative estimate of drug-likeness (QED) is 0.816. The summed E-state index contributed by atoms with van der Waals surface area (Å²) in [4.78, 5) is 8.07. The molecule has 0 spiro atoms. The minimum absolute atomic E-state index is 0.142. The second-order valence-corrected chi connectivity index (χ2v) is 5.13. The molecule has 0 amide bonds. The number of ether oxygens (including phenoxy) is 1. The molecule has 3 nitrogen and oxygen atoms in total. The van der Waals surface area contributed by atoms with E-state index in [1.54, 1.807) is 0 Å². The Hall–Kier alpha value is -1.35. The number of H-pyrrole nitrogens is 1. The van der Waals surface area contributed by atoms with Gasteiger partial charge in [-0.15, -0.1) is 0 Å². The highest BCUT2D eigenvalue weighted by Gasteiger charge is 2.28. The van der Waals surface area contributed by atoms with Crippen molar-refractivity contribution in [3.63, 3.8) is 0 Å². The largest absolute Gasteiger partial charge is 0.370 e. The molecule has 2 heterocycles. The maximum absolute atomic E-state index is 5.75. The number of hydrogen-bond donors (Lipinski definition) is 1. The van der Waals surface area contributed by atoms with Gasteiger partial charge in [-0.1, -0.05) is 6.92 Å². The van der Waals surface area contributed by atoms with Gasteiger partial charge in [0, 0.05) is 6.61 Å². The Kier molecular flexibility index (Phi) is 2.44. The summed E-state index contributed by atoms with van der Waals surface area (Å²) in [6.07, 6.45) is 1.27. The summed E-state index contributed by atoms with van der Waals surface area (Å²) in [5.74, 6) is 1.53. The molecule has 1 aliphatic heterocycles. The molecule has 1 aliphatic rings. The molecule has 0 bridgehead atoms. The number of rotatable bonds is 1. The van der Waals surface area contributed by atoms with E-state index in [-0.39, 0.29) is 6.10 Å². The predicted molar refractivity (Wildman–Crippen MR) is 68.0 cm³/mol. The van der Waals surface area contributed by atoms with E-state index in [2.05, 4.69) is 42.9 Å². The van der Waals surface area contributed by atoms with Crippen LogP contribution in [-0.4, -0.2) is 16.6 Å². The van der Waals surface area contributed by atoms with Crippen molar-refractivity contribution in [2.75, 3.05) is 6.61 Å². The Morgan fingerprint density at radius 2 is 2.06 bits per heavy atom. The van der Waals surface area contributed by atoms with Gasteiger partial charge in [-0.2, -0.15) is 0 Å². The van der Waals surface area contributed by atoms with E-state index in [9.17, 15) is 0 Å². The maximum atomic E-state index is 5.75. The topological polar surface area (TPSA) is 37.9 Å². The fourth-order valence-corrected chi connectivity index (χ4v) is 2.47. The molecule has 1 saturated heterocycles. The lowest BCUT2D eigenvalue weighted by Crippen LogP contribution is -2.05. The number of imidazole rings is 1. The molecule has 0 aliphatic carbocycles. The van der Waals surface area contributed by atoms with E-state index < -0.39 is 0 Å². The number of aryl methyl sites for hydroxylation is 2. The Balaban J connectivity index is 2.07. The van der Waals surface area contributed by atoms with Crippen molar-refractivity contribution in [3.05, 3.63) is 29.1 Å². The first-order valence-electron chi connectivity index (χ1n) is 6.23. The zero-order valence-corrected chi connectivity index (χ0v) is 10.6. The van der Waals surface area contributed by atoms with Crippen molar-refractivity contribution in [2.24, 2.45) is 5.92 Å². The summed E-state index contributed by atoms with van der Waals surface area (Å²) in [7, 11) is 0. The maximum Gasteiger partial charge on any atom is 0.136 e. The second kappa shape index (κ2) is 3.84. The van der Waals surface area contributed by atoms with Crippen LogP contribution in [0.4, 0.5) is 0 Å². The first-order chi connectivity index (χ1) is 8.15. The molecular weight excluding hydrogens is 212 g/mol. The average Bonchev–Trinajstić information content (AvgIpc) is 2.85. The van der Waals surface area contributed by atoms with E-state index in [1.165, 1.54) is 11.1 Å². The third-order valence-electron chi connectivity index (χ3n) is 3.77. The monoisotopic (exact) mass is 230 g/mol. The van der Waals surface area contributed by atoms with Gasteiger partial charge < -0.3 is 9.72 Å². The molecular formula is C14H18N2O. The number of hydrogen-bond acceptors (Lipinski definition) is 2. The molecule has 17 heavy (non-hydrogen) atoms. The molecule has 2 atom stereocenters. The fraction of sp³-hybridized carbons (Fsp3) is 0.500. The molecule has 1 fully saturated rings. The Bertz CT molecular complexity index is 520. The summed E-state index contributed by atoms with van der Waals surface area (Å²) in [5, 5.41) is 0. The van der Waals surface area contributed by atoms with Crippen molar-refractivity contribution in [2.45, 2.75) is 33.3 Å². The summed E-state index contributed by atoms with van der Waals surface area (Å²) < 4.78 is 5.75. The molecule has 3 heteroatoms. The molecule has 1 aromatic carbocycles. The molecule has 90 valence electrons. The molecule has 2 aromatic rings. The molecule has 3 rings (SSSR count). The fourth-order valence-electron chi connectivity index (χ4n) is 2.47. The van der Waals surface area contributed by atoms with Crippen molar-refractivity contribution in [3.8, 4) is 0 Å². The normalized spacial score (nSPS) is 24.6. The van der Waals surface area contributed by atoms with Crippen LogP contribution in [0.25, 0.3) is 11.0 Å². The van der Waals surface area contributed by atoms with Gasteiger partial charge in [0.05, 0.1) is 11.0 Å². The second-order valence-electron chi connectivity index (χ2n) is 5.13. The SMILES string of the molecule is Cc1cc2nc(C3OCCC3C)[nH]c2cc1C. The van der Waals surface area contributed by atoms with E-state index in [0.29, 0.717) is 5.92 Å². The third-order valence-corrected chi connectivity index (χ3v) is 3.77. The van der Waals surface area contributed by atoms with E-state index in [0.717, 1.165) is 29.9 Å². The van der Waals surface area contributed by atoms with E-state index >= 15 is 0 Å². The lowest BCUT2D eigenvalue weighted by atomic mass is 10.0. The summed E-state index contributed by atoms with van der Waals surface area (Å²) >= 11 is 0. The van der Waals surface area contributed by atoms with Crippen molar-refractivity contribution in [1.29, 1.82) is 0 Å². The average molecular weight is 230 g/mol. The van der Waals surface area contributed by atoms with E-state index in [4.69, 9.17) is 4.74 Å². The lowest BCUT2D eigenvalue weighted by molar-refractivity contribution is 0.0883. The number of aromatic amines is 1. The minimum atomic E-state index is 0.142. The van der Waals surface area contributed by atoms with Gasteiger partial charge in [-0.05, 0) is 49.4 Å². The summed E-state index contributed by atoms with van der Waals surface area (Å²) in [6.45, 7) is 7.32.